The second kappa shape index (κ2) is 3.69. The summed E-state index contributed by atoms with van der Waals surface area (Å²) < 4.78 is 35.9. The van der Waals surface area contributed by atoms with Crippen LogP contribution >= 0.6 is 0 Å². The van der Waals surface area contributed by atoms with Gasteiger partial charge in [-0.1, -0.05) is 0 Å². The first-order valence-electron chi connectivity index (χ1n) is 3.58. The van der Waals surface area contributed by atoms with E-state index >= 15 is 0 Å². The Hall–Kier alpha value is -1.17. The summed E-state index contributed by atoms with van der Waals surface area (Å²) in [6, 6.07) is -0.363. The minimum absolute atomic E-state index is 0.104. The van der Waals surface area contributed by atoms with Gasteiger partial charge < -0.3 is 5.73 Å². The third-order valence-electron chi connectivity index (χ3n) is 1.44. The maximum absolute atomic E-state index is 12.0. The maximum atomic E-state index is 12.0. The molecule has 1 rings (SSSR count). The van der Waals surface area contributed by atoms with Crippen molar-refractivity contribution in [1.82, 2.24) is 9.97 Å². The van der Waals surface area contributed by atoms with Crippen LogP contribution in [-0.4, -0.2) is 22.2 Å². The summed E-state index contributed by atoms with van der Waals surface area (Å²) in [6.07, 6.45) is -2.01. The van der Waals surface area contributed by atoms with Crippen molar-refractivity contribution in [2.45, 2.75) is 18.6 Å². The van der Waals surface area contributed by atoms with Gasteiger partial charge in [-0.05, 0) is 6.07 Å². The zero-order chi connectivity index (χ0) is 9.90. The Morgan fingerprint density at radius 1 is 1.31 bits per heavy atom. The molecule has 1 heterocycles. The molecule has 6 heteroatoms. The molecular weight excluding hydrogens is 183 g/mol. The van der Waals surface area contributed by atoms with E-state index in [-0.39, 0.29) is 12.2 Å². The Labute approximate surface area is 72.8 Å². The molecule has 1 aromatic heterocycles. The van der Waals surface area contributed by atoms with Gasteiger partial charge in [0.05, 0.1) is 0 Å². The van der Waals surface area contributed by atoms with E-state index in [4.69, 9.17) is 5.73 Å². The first kappa shape index (κ1) is 9.91. The molecule has 1 aromatic rings. The van der Waals surface area contributed by atoms with Crippen molar-refractivity contribution in [2.24, 2.45) is 5.73 Å². The number of alkyl halides is 3. The van der Waals surface area contributed by atoms with Crippen LogP contribution in [0, 0.1) is 0 Å². The van der Waals surface area contributed by atoms with E-state index in [9.17, 15) is 13.2 Å². The zero-order valence-electron chi connectivity index (χ0n) is 6.62. The average Bonchev–Trinajstić information content (AvgIpc) is 2.04. The van der Waals surface area contributed by atoms with E-state index in [2.05, 4.69) is 9.97 Å². The highest BCUT2D eigenvalue weighted by atomic mass is 19.4. The van der Waals surface area contributed by atoms with Crippen LogP contribution in [0.5, 0.6) is 0 Å². The highest BCUT2D eigenvalue weighted by Crippen LogP contribution is 2.20. The van der Waals surface area contributed by atoms with Gasteiger partial charge in [0.1, 0.15) is 11.9 Å². The molecular formula is C7H8F3N3. The molecule has 0 aliphatic heterocycles. The van der Waals surface area contributed by atoms with E-state index in [0.29, 0.717) is 0 Å². The fourth-order valence-electron chi connectivity index (χ4n) is 0.748. The summed E-state index contributed by atoms with van der Waals surface area (Å²) in [4.78, 5) is 7.28. The molecule has 72 valence electrons. The van der Waals surface area contributed by atoms with Crippen LogP contribution in [0.15, 0.2) is 18.5 Å². The monoisotopic (exact) mass is 191 g/mol. The Morgan fingerprint density at radius 3 is 2.31 bits per heavy atom. The normalized spacial score (nSPS) is 14.2. The lowest BCUT2D eigenvalue weighted by atomic mass is 10.2. The predicted molar refractivity (Wildman–Crippen MR) is 39.8 cm³/mol. The van der Waals surface area contributed by atoms with Gasteiger partial charge in [-0.2, -0.15) is 13.2 Å². The van der Waals surface area contributed by atoms with E-state index in [1.165, 1.54) is 18.5 Å². The Balaban J connectivity index is 2.61. The molecule has 0 radical (unpaired) electrons. The molecule has 0 aliphatic rings. The number of hydrogen-bond donors (Lipinski definition) is 1. The molecule has 13 heavy (non-hydrogen) atoms. The highest BCUT2D eigenvalue weighted by Gasteiger charge is 2.36. The summed E-state index contributed by atoms with van der Waals surface area (Å²) in [5.41, 5.74) is 4.88. The largest absolute Gasteiger partial charge is 0.404 e. The smallest absolute Gasteiger partial charge is 0.320 e. The van der Waals surface area contributed by atoms with E-state index in [0.717, 1.165) is 0 Å². The quantitative estimate of drug-likeness (QED) is 0.755. The second-order valence-corrected chi connectivity index (χ2v) is 2.52. The number of halogens is 3. The molecule has 0 bridgehead atoms. The van der Waals surface area contributed by atoms with Gasteiger partial charge >= 0.3 is 6.18 Å². The third-order valence-corrected chi connectivity index (χ3v) is 1.44. The van der Waals surface area contributed by atoms with Crippen molar-refractivity contribution in [2.75, 3.05) is 0 Å². The molecule has 0 aliphatic carbocycles. The number of nitrogens with zero attached hydrogens (tertiary/aromatic N) is 2. The third kappa shape index (κ3) is 2.98. The SMILES string of the molecule is NC(Cc1ncccn1)C(F)(F)F. The molecule has 0 saturated carbocycles. The number of nitrogens with two attached hydrogens (primary N) is 1. The van der Waals surface area contributed by atoms with Crippen molar-refractivity contribution in [3.05, 3.63) is 24.3 Å². The molecule has 0 amide bonds. The van der Waals surface area contributed by atoms with E-state index in [1.807, 2.05) is 0 Å². The fourth-order valence-corrected chi connectivity index (χ4v) is 0.748. The minimum Gasteiger partial charge on any atom is -0.320 e. The van der Waals surface area contributed by atoms with Crippen LogP contribution in [0.3, 0.4) is 0 Å². The minimum atomic E-state index is -4.39. The Morgan fingerprint density at radius 2 is 1.85 bits per heavy atom. The van der Waals surface area contributed by atoms with Crippen LogP contribution < -0.4 is 5.73 Å². The van der Waals surface area contributed by atoms with Gasteiger partial charge in [0.15, 0.2) is 0 Å². The van der Waals surface area contributed by atoms with Crippen molar-refractivity contribution < 1.29 is 13.2 Å². The lowest BCUT2D eigenvalue weighted by Crippen LogP contribution is -2.39. The van der Waals surface area contributed by atoms with Crippen molar-refractivity contribution in [3.8, 4) is 0 Å². The first-order chi connectivity index (χ1) is 6.00. The van der Waals surface area contributed by atoms with Gasteiger partial charge in [-0.3, -0.25) is 0 Å². The molecule has 3 nitrogen and oxygen atoms in total. The molecule has 1 atom stereocenters. The summed E-state index contributed by atoms with van der Waals surface area (Å²) in [7, 11) is 0. The maximum Gasteiger partial charge on any atom is 0.404 e. The lowest BCUT2D eigenvalue weighted by Gasteiger charge is -2.13. The molecule has 0 spiro atoms. The molecule has 0 fully saturated rings. The predicted octanol–water partition coefficient (Wildman–Crippen LogP) is 0.909. The summed E-state index contributed by atoms with van der Waals surface area (Å²) >= 11 is 0. The van der Waals surface area contributed by atoms with E-state index in [1.54, 1.807) is 0 Å². The fraction of sp³-hybridized carbons (Fsp3) is 0.429. The van der Waals surface area contributed by atoms with Crippen LogP contribution in [0.1, 0.15) is 5.82 Å². The number of rotatable bonds is 2. The average molecular weight is 191 g/mol. The number of aromatic nitrogens is 2. The second-order valence-electron chi connectivity index (χ2n) is 2.52. The van der Waals surface area contributed by atoms with Gasteiger partial charge in [0.25, 0.3) is 0 Å². The first-order valence-corrected chi connectivity index (χ1v) is 3.58. The van der Waals surface area contributed by atoms with Crippen molar-refractivity contribution in [1.29, 1.82) is 0 Å². The van der Waals surface area contributed by atoms with Crippen LogP contribution in [0.25, 0.3) is 0 Å². The Kier molecular flexibility index (Phi) is 2.82. The molecule has 0 saturated heterocycles. The molecule has 2 N–H and O–H groups in total. The molecule has 0 aromatic carbocycles. The standard InChI is InChI=1S/C7H8F3N3/c8-7(9,10)5(11)4-6-12-2-1-3-13-6/h1-3,5H,4,11H2. The van der Waals surface area contributed by atoms with Crippen molar-refractivity contribution in [3.63, 3.8) is 0 Å². The van der Waals surface area contributed by atoms with Crippen LogP contribution in [0.4, 0.5) is 13.2 Å². The van der Waals surface area contributed by atoms with E-state index < -0.39 is 12.2 Å². The van der Waals surface area contributed by atoms with Gasteiger partial charge in [-0.15, -0.1) is 0 Å². The highest BCUT2D eigenvalue weighted by molar-refractivity contribution is 4.92. The Bertz CT molecular complexity index is 259. The zero-order valence-corrected chi connectivity index (χ0v) is 6.62. The summed E-state index contributed by atoms with van der Waals surface area (Å²) in [6.45, 7) is 0. The summed E-state index contributed by atoms with van der Waals surface area (Å²) in [5, 5.41) is 0. The molecule has 1 unspecified atom stereocenters. The lowest BCUT2D eigenvalue weighted by molar-refractivity contribution is -0.147. The van der Waals surface area contributed by atoms with Gasteiger partial charge in [0, 0.05) is 18.8 Å². The number of hydrogen-bond acceptors (Lipinski definition) is 3. The summed E-state index contributed by atoms with van der Waals surface area (Å²) in [5.74, 6) is 0.104. The topological polar surface area (TPSA) is 51.8 Å². The van der Waals surface area contributed by atoms with Crippen LogP contribution in [0.2, 0.25) is 0 Å². The van der Waals surface area contributed by atoms with Crippen molar-refractivity contribution >= 4 is 0 Å². The van der Waals surface area contributed by atoms with Gasteiger partial charge in [-0.25, -0.2) is 9.97 Å². The van der Waals surface area contributed by atoms with Gasteiger partial charge in [0.2, 0.25) is 0 Å². The van der Waals surface area contributed by atoms with Crippen LogP contribution in [-0.2, 0) is 6.42 Å².